The Kier molecular flexibility index (Phi) is 24.6. The van der Waals surface area contributed by atoms with Crippen LogP contribution in [0.2, 0.25) is 0 Å². The summed E-state index contributed by atoms with van der Waals surface area (Å²) in [7, 11) is -24.7. The number of carbonyl (C=O) groups is 2. The van der Waals surface area contributed by atoms with Crippen molar-refractivity contribution < 1.29 is 96.4 Å². The number of hydrogen-bond donors (Lipinski definition) is 5. The summed E-state index contributed by atoms with van der Waals surface area (Å²) in [6, 6.07) is 15.8. The number of hydrogen-bond acceptors (Lipinski definition) is 25. The molecular formula is C62H79N9O21S6. The van der Waals surface area contributed by atoms with Crippen LogP contribution in [0.3, 0.4) is 0 Å². The summed E-state index contributed by atoms with van der Waals surface area (Å²) in [5.74, 6) is -0.342. The topological polar surface area (TPSA) is 458 Å². The number of nitrogens with two attached hydrogens (primary N) is 1. The zero-order chi connectivity index (χ0) is 71.9. The van der Waals surface area contributed by atoms with Crippen molar-refractivity contribution in [3.05, 3.63) is 95.7 Å². The van der Waals surface area contributed by atoms with Gasteiger partial charge in [-0.3, -0.25) is 23.2 Å². The fourth-order valence-electron chi connectivity index (χ4n) is 14.2. The van der Waals surface area contributed by atoms with Crippen LogP contribution < -0.4 is 25.3 Å². The van der Waals surface area contributed by atoms with Crippen LogP contribution in [0.5, 0.6) is 0 Å². The molecule has 3 saturated heterocycles. The normalized spacial score (nSPS) is 19.2. The lowest BCUT2D eigenvalue weighted by atomic mass is 9.75. The number of rotatable bonds is 24. The highest BCUT2D eigenvalue weighted by atomic mass is 32.2. The third kappa shape index (κ3) is 19.0. The maximum Gasteiger partial charge on any atom is 0.425 e. The summed E-state index contributed by atoms with van der Waals surface area (Å²) >= 11 is 0. The summed E-state index contributed by atoms with van der Waals surface area (Å²) in [5.41, 5.74) is 8.22. The van der Waals surface area contributed by atoms with E-state index in [1.165, 1.54) is 24.3 Å². The average molecular weight is 1480 g/mol. The van der Waals surface area contributed by atoms with Crippen LogP contribution >= 0.6 is 0 Å². The van der Waals surface area contributed by atoms with Crippen LogP contribution in [-0.4, -0.2) is 189 Å². The van der Waals surface area contributed by atoms with E-state index in [0.717, 1.165) is 55.7 Å². The number of aliphatic carboxylic acids is 1. The van der Waals surface area contributed by atoms with Gasteiger partial charge >= 0.3 is 27.2 Å². The minimum absolute atomic E-state index is 0.0219. The van der Waals surface area contributed by atoms with Crippen LogP contribution in [0.1, 0.15) is 122 Å². The largest absolute Gasteiger partial charge is 0.744 e. The number of nitrogens with zero attached hydrogens (tertiary/aromatic N) is 8. The van der Waals surface area contributed by atoms with Gasteiger partial charge < -0.3 is 35.0 Å². The number of benzene rings is 4. The van der Waals surface area contributed by atoms with Crippen molar-refractivity contribution in [3.8, 4) is 0 Å². The standard InChI is InChI=1S/C62H79N9O15S4.2O3S/c1-61(2)53(17-9-18-54-62(3,29-10-38-87(75,76)77)56-48-14-8-16-52(90(84,85)86)46(48)20-22-50(56)71(54)31-11-39-88(78,79)80)70(49-21-19-45-47(55(49)61)13-7-15-51(45)89(81,82)83)30-6-4-5-12-44(72)40-41-23-32-67(33-24-41)58-64-59(68-34-25-42(26-35-68)57(73)74)66-60(65-58)69-36-27-43(63)28-37-69;2*1-4(2)3/h7-9,13-22,41-43H,4-6,10-12,23-40,63H2,1-3H3,(H4-,73,74,75,76,77,78,79,80,81,82,83,84,85,86);;. The van der Waals surface area contributed by atoms with Crippen LogP contribution in [0.4, 0.5) is 29.2 Å². The molecule has 0 amide bonds. The second-order valence-electron chi connectivity index (χ2n) is 25.7. The zero-order valence-electron chi connectivity index (χ0n) is 54.0. The van der Waals surface area contributed by atoms with Gasteiger partial charge in [0.25, 0.3) is 30.4 Å². The first kappa shape index (κ1) is 76.5. The quantitative estimate of drug-likeness (QED) is 0.0288. The smallest absolute Gasteiger partial charge is 0.425 e. The van der Waals surface area contributed by atoms with Crippen LogP contribution in [0.15, 0.2) is 94.4 Å². The fraction of sp³-hybridized carbons (Fsp3) is 0.516. The zero-order valence-corrected chi connectivity index (χ0v) is 58.9. The van der Waals surface area contributed by atoms with Gasteiger partial charge in [-0.1, -0.05) is 36.4 Å². The Morgan fingerprint density at radius 2 is 1.14 bits per heavy atom. The van der Waals surface area contributed by atoms with Crippen molar-refractivity contribution in [2.45, 2.75) is 137 Å². The molecule has 4 aromatic carbocycles. The molecule has 0 bridgehead atoms. The number of carbonyl (C=O) groups excluding carboxylic acids is 1. The Balaban J connectivity index is 0.00000145. The van der Waals surface area contributed by atoms with Gasteiger partial charge in [-0.05, 0) is 149 Å². The molecule has 6 heterocycles. The Hall–Kier alpha value is -7.26. The Morgan fingerprint density at radius 3 is 1.67 bits per heavy atom. The SMILES string of the molecule is CC1(C)C(C=CC=C2N(CCCS(=O)(=O)O)c3ccc4c(S(=O)(=O)[O-])cccc4c3C2(C)CCCS(=O)(=O)O)=[N+](CCCCCC(=O)CC2CCN(c3nc(N4CCC(N)CC4)nc(N4CCC(C(=O)O)CC4)n3)CC2)c2ccc3c(S(=O)(=O)O)cccc3c21.O=S(=O)=O.O=S(=O)=O. The van der Waals surface area contributed by atoms with Crippen LogP contribution in [-0.2, 0) is 82.1 Å². The lowest BCUT2D eigenvalue weighted by Gasteiger charge is -2.35. The van der Waals surface area contributed by atoms with E-state index in [1.807, 2.05) is 48.8 Å². The molecular weight excluding hydrogens is 1400 g/mol. The van der Waals surface area contributed by atoms with Crippen molar-refractivity contribution in [2.24, 2.45) is 17.6 Å². The molecule has 98 heavy (non-hydrogen) atoms. The van der Waals surface area contributed by atoms with Crippen molar-refractivity contribution in [1.29, 1.82) is 0 Å². The van der Waals surface area contributed by atoms with Crippen LogP contribution in [0.25, 0.3) is 21.5 Å². The fourth-order valence-corrected chi connectivity index (χ4v) is 16.6. The van der Waals surface area contributed by atoms with E-state index in [0.29, 0.717) is 129 Å². The molecule has 0 radical (unpaired) electrons. The first-order valence-corrected chi connectivity index (χ1v) is 39.8. The van der Waals surface area contributed by atoms with Gasteiger partial charge in [-0.2, -0.15) is 44.8 Å². The number of allylic oxidation sites excluding steroid dienone is 4. The first-order chi connectivity index (χ1) is 45.9. The molecule has 5 aliphatic heterocycles. The molecule has 10 rings (SSSR count). The molecule has 1 unspecified atom stereocenters. The minimum Gasteiger partial charge on any atom is -0.744 e. The molecule has 30 nitrogen and oxygen atoms in total. The van der Waals surface area contributed by atoms with E-state index in [1.54, 1.807) is 36.4 Å². The number of anilines is 4. The van der Waals surface area contributed by atoms with Crippen molar-refractivity contribution in [3.63, 3.8) is 0 Å². The lowest BCUT2D eigenvalue weighted by Crippen LogP contribution is -2.42. The third-order valence-electron chi connectivity index (χ3n) is 18.8. The molecule has 1 atom stereocenters. The van der Waals surface area contributed by atoms with Crippen molar-refractivity contribution in [1.82, 2.24) is 15.0 Å². The summed E-state index contributed by atoms with van der Waals surface area (Å²) < 4.78 is 195. The summed E-state index contributed by atoms with van der Waals surface area (Å²) in [5, 5.41) is 11.1. The molecule has 0 saturated carbocycles. The van der Waals surface area contributed by atoms with E-state index in [9.17, 15) is 66.6 Å². The number of aromatic nitrogens is 3. The summed E-state index contributed by atoms with van der Waals surface area (Å²) in [4.78, 5) is 47.7. The van der Waals surface area contributed by atoms with Crippen molar-refractivity contribution in [2.75, 3.05) is 83.5 Å². The number of piperidine rings is 3. The van der Waals surface area contributed by atoms with Gasteiger partial charge in [-0.15, -0.1) is 25.3 Å². The van der Waals surface area contributed by atoms with E-state index < -0.39 is 101 Å². The number of fused-ring (bicyclic) bond motifs is 6. The molecule has 36 heteroatoms. The second-order valence-corrected chi connectivity index (χ2v) is 32.4. The Morgan fingerprint density at radius 1 is 0.643 bits per heavy atom. The molecule has 534 valence electrons. The Bertz CT molecular complexity index is 4650. The number of unbranched alkanes of at least 4 members (excludes halogenated alkanes) is 2. The van der Waals surface area contributed by atoms with E-state index >= 15 is 0 Å². The number of ketones is 1. The molecule has 1 aromatic heterocycles. The average Bonchev–Trinajstić information content (AvgIpc) is 1.57. The number of Topliss-reactive ketones (excluding diaryl/α,β-unsaturated/α-hetero) is 1. The predicted octanol–water partition coefficient (Wildman–Crippen LogP) is 5.53. The Labute approximate surface area is 571 Å². The predicted molar refractivity (Wildman–Crippen MR) is 361 cm³/mol. The van der Waals surface area contributed by atoms with Gasteiger partial charge in [0.15, 0.2) is 5.71 Å². The van der Waals surface area contributed by atoms with E-state index in [2.05, 4.69) is 14.4 Å². The minimum atomic E-state index is -4.98. The summed E-state index contributed by atoms with van der Waals surface area (Å²) in [6.45, 7) is 10.2. The van der Waals surface area contributed by atoms with Crippen LogP contribution in [0, 0.1) is 11.8 Å². The highest BCUT2D eigenvalue weighted by Crippen LogP contribution is 2.54. The monoisotopic (exact) mass is 1480 g/mol. The maximum atomic E-state index is 13.7. The highest BCUT2D eigenvalue weighted by Gasteiger charge is 2.47. The molecule has 3 fully saturated rings. The van der Waals surface area contributed by atoms with Gasteiger partial charge in [-0.25, -0.2) is 8.42 Å². The van der Waals surface area contributed by atoms with Gasteiger partial charge in [0.05, 0.1) is 27.7 Å². The highest BCUT2D eigenvalue weighted by molar-refractivity contribution is 7.86. The summed E-state index contributed by atoms with van der Waals surface area (Å²) in [6.07, 6.45) is 12.5. The lowest BCUT2D eigenvalue weighted by molar-refractivity contribution is -0.438. The molecule has 6 N–H and O–H groups in total. The number of carboxylic acids is 1. The first-order valence-electron chi connectivity index (χ1n) is 31.7. The third-order valence-corrected chi connectivity index (χ3v) is 22.2. The molecule has 5 aliphatic rings. The maximum absolute atomic E-state index is 13.7. The molecule has 5 aromatic rings. The van der Waals surface area contributed by atoms with E-state index in [-0.39, 0.29) is 53.8 Å². The van der Waals surface area contributed by atoms with Crippen molar-refractivity contribution >= 4 is 130 Å². The number of carboxylic acid groups (broad SMARTS) is 1. The van der Waals surface area contributed by atoms with E-state index in [4.69, 9.17) is 45.9 Å². The molecule has 0 aliphatic carbocycles. The van der Waals surface area contributed by atoms with Gasteiger partial charge in [0.1, 0.15) is 27.3 Å². The van der Waals surface area contributed by atoms with Gasteiger partial charge in [0, 0.05) is 111 Å². The molecule has 0 spiro atoms. The second kappa shape index (κ2) is 31.5. The van der Waals surface area contributed by atoms with Gasteiger partial charge in [0.2, 0.25) is 23.5 Å².